The molecule has 5 rings (SSSR count). The van der Waals surface area contributed by atoms with Crippen molar-refractivity contribution in [2.45, 2.75) is 12.7 Å². The Hall–Kier alpha value is -4.28. The van der Waals surface area contributed by atoms with E-state index in [0.717, 1.165) is 16.6 Å². The van der Waals surface area contributed by atoms with Crippen molar-refractivity contribution in [3.63, 3.8) is 0 Å². The quantitative estimate of drug-likeness (QED) is 0.269. The number of fused-ring (bicyclic) bond motifs is 1. The molecule has 0 aliphatic carbocycles. The van der Waals surface area contributed by atoms with E-state index >= 15 is 0 Å². The molecule has 0 bridgehead atoms. The third-order valence-electron chi connectivity index (χ3n) is 5.48. The number of hydrogen-bond acceptors (Lipinski definition) is 6. The molecule has 0 saturated heterocycles. The normalized spacial score (nSPS) is 11.5. The maximum atomic E-state index is 14.9. The van der Waals surface area contributed by atoms with Gasteiger partial charge in [-0.25, -0.2) is 9.07 Å². The van der Waals surface area contributed by atoms with Crippen molar-refractivity contribution < 1.29 is 14.0 Å². The molecule has 3 heterocycles. The number of alkyl halides is 1. The van der Waals surface area contributed by atoms with Gasteiger partial charge >= 0.3 is 0 Å². The van der Waals surface area contributed by atoms with Crippen LogP contribution < -0.4 is 16.4 Å². The summed E-state index contributed by atoms with van der Waals surface area (Å²) >= 11 is 1.19. The van der Waals surface area contributed by atoms with Gasteiger partial charge < -0.3 is 16.4 Å². The Kier molecular flexibility index (Phi) is 7.80. The first-order valence-corrected chi connectivity index (χ1v) is 11.9. The summed E-state index contributed by atoms with van der Waals surface area (Å²) in [7, 11) is 0. The minimum Gasteiger partial charge on any atom is -0.394 e. The van der Waals surface area contributed by atoms with Gasteiger partial charge in [-0.2, -0.15) is 0 Å². The number of nitrogens with zero attached hydrogens (tertiary/aromatic N) is 3. The van der Waals surface area contributed by atoms with Gasteiger partial charge in [0, 0.05) is 23.6 Å². The number of hydrogen-bond donors (Lipinski definition) is 3. The summed E-state index contributed by atoms with van der Waals surface area (Å²) in [6, 6.07) is 19.5. The first-order valence-electron chi connectivity index (χ1n) is 11.0. The predicted octanol–water partition coefficient (Wildman–Crippen LogP) is 5.07. The molecule has 0 aliphatic rings. The number of amides is 2. The van der Waals surface area contributed by atoms with Gasteiger partial charge in [0.25, 0.3) is 11.8 Å². The number of carbonyl (C=O) groups excluding carboxylic acids is 2. The lowest BCUT2D eigenvalue weighted by Crippen LogP contribution is -2.26. The Morgan fingerprint density at radius 3 is 2.65 bits per heavy atom. The third-order valence-corrected chi connectivity index (χ3v) is 6.57. The van der Waals surface area contributed by atoms with Crippen LogP contribution in [0.1, 0.15) is 27.0 Å². The summed E-state index contributed by atoms with van der Waals surface area (Å²) in [5, 5.41) is 10.4. The fourth-order valence-electron chi connectivity index (χ4n) is 3.62. The van der Waals surface area contributed by atoms with Gasteiger partial charge in [0.05, 0.1) is 22.4 Å². The van der Waals surface area contributed by atoms with E-state index in [1.165, 1.54) is 11.3 Å². The van der Waals surface area contributed by atoms with Crippen molar-refractivity contribution in [3.05, 3.63) is 101 Å². The number of nitrogens with one attached hydrogen (secondary N) is 2. The van der Waals surface area contributed by atoms with Crippen LogP contribution in [0.3, 0.4) is 0 Å². The van der Waals surface area contributed by atoms with Crippen molar-refractivity contribution in [3.8, 4) is 5.69 Å². The molecule has 0 spiro atoms. The fraction of sp³-hybridized carbons (Fsp3) is 0.0769. The Bertz CT molecular complexity index is 1540. The van der Waals surface area contributed by atoms with Crippen molar-refractivity contribution in [1.29, 1.82) is 0 Å². The van der Waals surface area contributed by atoms with E-state index in [0.29, 0.717) is 15.3 Å². The van der Waals surface area contributed by atoms with Gasteiger partial charge in [0.1, 0.15) is 0 Å². The Morgan fingerprint density at radius 1 is 1.08 bits per heavy atom. The largest absolute Gasteiger partial charge is 0.394 e. The van der Waals surface area contributed by atoms with E-state index in [1.54, 1.807) is 59.7 Å². The summed E-state index contributed by atoms with van der Waals surface area (Å²) in [6.45, 7) is 0.182. The van der Waals surface area contributed by atoms with Crippen molar-refractivity contribution in [1.82, 2.24) is 20.1 Å². The summed E-state index contributed by atoms with van der Waals surface area (Å²) in [5.74, 6) is -0.873. The number of thiophene rings is 1. The van der Waals surface area contributed by atoms with E-state index in [9.17, 15) is 14.0 Å². The van der Waals surface area contributed by atoms with E-state index in [2.05, 4.69) is 20.7 Å². The second-order valence-electron chi connectivity index (χ2n) is 8.02. The summed E-state index contributed by atoms with van der Waals surface area (Å²) in [5.41, 5.74) is 8.17. The molecule has 5 aromatic rings. The van der Waals surface area contributed by atoms with Gasteiger partial charge in [-0.15, -0.1) is 28.8 Å². The number of carbonyl (C=O) groups is 2. The molecule has 1 unspecified atom stereocenters. The predicted molar refractivity (Wildman–Crippen MR) is 145 cm³/mol. The molecule has 37 heavy (non-hydrogen) atoms. The van der Waals surface area contributed by atoms with Crippen molar-refractivity contribution in [2.24, 2.45) is 0 Å². The maximum Gasteiger partial charge on any atom is 0.267 e. The molecule has 188 valence electrons. The van der Waals surface area contributed by atoms with Gasteiger partial charge in [-0.05, 0) is 46.8 Å². The lowest BCUT2D eigenvalue weighted by atomic mass is 10.1. The molecular formula is C26H22ClFN6O2S. The number of aromatic nitrogens is 3. The average Bonchev–Trinajstić information content (AvgIpc) is 3.51. The van der Waals surface area contributed by atoms with E-state index in [4.69, 9.17) is 5.73 Å². The van der Waals surface area contributed by atoms with Crippen LogP contribution in [0.15, 0.2) is 85.3 Å². The fourth-order valence-corrected chi connectivity index (χ4v) is 4.62. The Balaban J connectivity index is 0.00000320. The van der Waals surface area contributed by atoms with Crippen LogP contribution in [0.4, 0.5) is 15.9 Å². The monoisotopic (exact) mass is 536 g/mol. The number of para-hydroxylation sites is 1. The lowest BCUT2D eigenvalue weighted by molar-refractivity contribution is -0.126. The van der Waals surface area contributed by atoms with E-state index in [-0.39, 0.29) is 36.2 Å². The molecule has 3 aromatic heterocycles. The third kappa shape index (κ3) is 5.76. The SMILES string of the molecule is Cl.Nc1cn(-c2ccccc2)nc1NC(=O)c1cc2ccc(C(F)C(=O)NCc3cccnc3)cc2s1. The highest BCUT2D eigenvalue weighted by atomic mass is 35.5. The number of halogens is 2. The highest BCUT2D eigenvalue weighted by Crippen LogP contribution is 2.31. The smallest absolute Gasteiger partial charge is 0.267 e. The zero-order valence-electron chi connectivity index (χ0n) is 19.3. The van der Waals surface area contributed by atoms with Crippen LogP contribution in [-0.4, -0.2) is 26.6 Å². The van der Waals surface area contributed by atoms with Gasteiger partial charge in [0.2, 0.25) is 6.17 Å². The number of nitrogens with two attached hydrogens (primary N) is 1. The summed E-state index contributed by atoms with van der Waals surface area (Å²) in [4.78, 5) is 29.6. The lowest BCUT2D eigenvalue weighted by Gasteiger charge is -2.10. The molecule has 0 radical (unpaired) electrons. The molecule has 0 fully saturated rings. The van der Waals surface area contributed by atoms with Gasteiger partial charge in [-0.1, -0.05) is 36.4 Å². The van der Waals surface area contributed by atoms with Crippen molar-refractivity contribution in [2.75, 3.05) is 11.1 Å². The molecule has 0 saturated carbocycles. The highest BCUT2D eigenvalue weighted by Gasteiger charge is 2.21. The van der Waals surface area contributed by atoms with Gasteiger partial charge in [0.15, 0.2) is 5.82 Å². The number of rotatable bonds is 7. The van der Waals surface area contributed by atoms with E-state index in [1.807, 2.05) is 30.3 Å². The number of pyridine rings is 1. The zero-order chi connectivity index (χ0) is 25.1. The van der Waals surface area contributed by atoms with Crippen LogP contribution in [0, 0.1) is 0 Å². The highest BCUT2D eigenvalue weighted by molar-refractivity contribution is 7.20. The molecule has 0 aliphatic heterocycles. The second-order valence-corrected chi connectivity index (χ2v) is 9.10. The molecular weight excluding hydrogens is 515 g/mol. The van der Waals surface area contributed by atoms with Crippen LogP contribution in [0.25, 0.3) is 15.8 Å². The first-order chi connectivity index (χ1) is 17.5. The number of nitrogen functional groups attached to an aromatic ring is 1. The zero-order valence-corrected chi connectivity index (χ0v) is 20.9. The molecule has 4 N–H and O–H groups in total. The minimum absolute atomic E-state index is 0. The molecule has 2 amide bonds. The standard InChI is InChI=1S/C26H21FN6O2S.ClH/c27-23(26(35)30-14-16-5-4-10-29-13-16)18-9-8-17-11-22(36-21(17)12-18)25(34)31-24-20(28)15-33(32-24)19-6-2-1-3-7-19;/h1-13,15,23H,14,28H2,(H,30,35)(H,31,32,34);1H. The Labute approximate surface area is 221 Å². The van der Waals surface area contributed by atoms with Gasteiger partial charge in [-0.3, -0.25) is 14.6 Å². The topological polar surface area (TPSA) is 115 Å². The minimum atomic E-state index is -1.84. The number of benzene rings is 2. The molecule has 11 heteroatoms. The molecule has 2 aromatic carbocycles. The van der Waals surface area contributed by atoms with Crippen LogP contribution in [0.5, 0.6) is 0 Å². The van der Waals surface area contributed by atoms with Crippen molar-refractivity contribution >= 4 is 57.1 Å². The van der Waals surface area contributed by atoms with Crippen LogP contribution in [0.2, 0.25) is 0 Å². The Morgan fingerprint density at radius 2 is 1.89 bits per heavy atom. The maximum absolute atomic E-state index is 14.9. The summed E-state index contributed by atoms with van der Waals surface area (Å²) in [6.07, 6.45) is 3.02. The molecule has 1 atom stereocenters. The van der Waals surface area contributed by atoms with E-state index < -0.39 is 12.1 Å². The second kappa shape index (κ2) is 11.2. The van der Waals surface area contributed by atoms with Crippen LogP contribution in [-0.2, 0) is 11.3 Å². The molecule has 8 nitrogen and oxygen atoms in total. The average molecular weight is 537 g/mol. The first kappa shape index (κ1) is 25.8. The number of anilines is 2. The summed E-state index contributed by atoms with van der Waals surface area (Å²) < 4.78 is 17.1. The van der Waals surface area contributed by atoms with Crippen LogP contribution >= 0.6 is 23.7 Å².